The first-order chi connectivity index (χ1) is 14.1. The van der Waals surface area contributed by atoms with E-state index in [0.717, 1.165) is 39.1 Å². The molecule has 2 fully saturated rings. The second-order valence-corrected chi connectivity index (χ2v) is 10.6. The van der Waals surface area contributed by atoms with Crippen molar-refractivity contribution in [1.29, 1.82) is 0 Å². The lowest BCUT2D eigenvalue weighted by Gasteiger charge is -2.35. The van der Waals surface area contributed by atoms with Crippen molar-refractivity contribution < 1.29 is 22.7 Å². The summed E-state index contributed by atoms with van der Waals surface area (Å²) in [5.74, 6) is 0.0475. The number of sulfonamides is 1. The summed E-state index contributed by atoms with van der Waals surface area (Å²) >= 11 is 0. The number of carbonyl (C=O) groups excluding carboxylic acids is 1. The summed E-state index contributed by atoms with van der Waals surface area (Å²) in [4.78, 5) is 17.1. The van der Waals surface area contributed by atoms with E-state index < -0.39 is 15.6 Å². The third-order valence-corrected chi connectivity index (χ3v) is 7.07. The molecule has 168 valence electrons. The quantitative estimate of drug-likeness (QED) is 0.726. The second kappa shape index (κ2) is 9.21. The maximum Gasteiger partial charge on any atom is 0.253 e. The summed E-state index contributed by atoms with van der Waals surface area (Å²) in [7, 11) is -2.42. The predicted molar refractivity (Wildman–Crippen MR) is 114 cm³/mol. The molecule has 2 heterocycles. The van der Waals surface area contributed by atoms with Crippen LogP contribution in [0.5, 0.6) is 5.75 Å². The molecule has 2 aliphatic rings. The summed E-state index contributed by atoms with van der Waals surface area (Å²) in [5, 5.41) is 0. The largest absolute Gasteiger partial charge is 0.495 e. The monoisotopic (exact) mass is 439 g/mol. The van der Waals surface area contributed by atoms with Gasteiger partial charge in [-0.15, -0.1) is 0 Å². The molecule has 1 N–H and O–H groups in total. The van der Waals surface area contributed by atoms with E-state index in [2.05, 4.69) is 9.62 Å². The molecular formula is C21H33N3O5S. The molecule has 2 saturated heterocycles. The molecule has 1 amide bonds. The average molecular weight is 440 g/mol. The molecular weight excluding hydrogens is 406 g/mol. The van der Waals surface area contributed by atoms with E-state index in [0.29, 0.717) is 24.8 Å². The van der Waals surface area contributed by atoms with Gasteiger partial charge in [-0.3, -0.25) is 9.69 Å². The molecule has 8 nitrogen and oxygen atoms in total. The molecule has 1 aromatic rings. The Balaban J connectivity index is 1.70. The van der Waals surface area contributed by atoms with Gasteiger partial charge in [0.15, 0.2) is 0 Å². The lowest BCUT2D eigenvalue weighted by atomic mass is 10.1. The van der Waals surface area contributed by atoms with E-state index in [1.54, 1.807) is 31.7 Å². The number of hydrogen-bond donors (Lipinski definition) is 1. The number of piperazine rings is 1. The van der Waals surface area contributed by atoms with Crippen LogP contribution in [0.4, 0.5) is 0 Å². The van der Waals surface area contributed by atoms with Crippen molar-refractivity contribution in [3.63, 3.8) is 0 Å². The summed E-state index contributed by atoms with van der Waals surface area (Å²) in [6, 6.07) is 4.57. The Labute approximate surface area is 179 Å². The van der Waals surface area contributed by atoms with E-state index in [1.165, 1.54) is 19.2 Å². The lowest BCUT2D eigenvalue weighted by Crippen LogP contribution is -2.50. The number of hydrogen-bond acceptors (Lipinski definition) is 6. The molecule has 1 atom stereocenters. The zero-order valence-corrected chi connectivity index (χ0v) is 19.1. The Hall–Kier alpha value is -1.68. The number of amides is 1. The Morgan fingerprint density at radius 3 is 2.50 bits per heavy atom. The Bertz CT molecular complexity index is 852. The first-order valence-electron chi connectivity index (χ1n) is 10.4. The predicted octanol–water partition coefficient (Wildman–Crippen LogP) is 1.71. The molecule has 3 rings (SSSR count). The molecule has 1 aromatic carbocycles. The van der Waals surface area contributed by atoms with Gasteiger partial charge in [0.1, 0.15) is 10.6 Å². The number of methoxy groups -OCH3 is 1. The Morgan fingerprint density at radius 1 is 1.23 bits per heavy atom. The summed E-state index contributed by atoms with van der Waals surface area (Å²) < 4.78 is 39.3. The van der Waals surface area contributed by atoms with Gasteiger partial charge < -0.3 is 14.4 Å². The van der Waals surface area contributed by atoms with E-state index in [1.807, 2.05) is 0 Å². The first-order valence-corrected chi connectivity index (χ1v) is 11.9. The molecule has 0 bridgehead atoms. The summed E-state index contributed by atoms with van der Waals surface area (Å²) in [6.45, 7) is 9.85. The van der Waals surface area contributed by atoms with Gasteiger partial charge >= 0.3 is 0 Å². The van der Waals surface area contributed by atoms with Gasteiger partial charge in [-0.05, 0) is 51.8 Å². The van der Waals surface area contributed by atoms with Crippen molar-refractivity contribution in [1.82, 2.24) is 14.5 Å². The lowest BCUT2D eigenvalue weighted by molar-refractivity contribution is 0.0432. The Kier molecular flexibility index (Phi) is 7.06. The zero-order valence-electron chi connectivity index (χ0n) is 18.3. The third-order valence-electron chi connectivity index (χ3n) is 5.29. The number of nitrogens with zero attached hydrogens (tertiary/aromatic N) is 2. The zero-order chi connectivity index (χ0) is 21.9. The van der Waals surface area contributed by atoms with Crippen molar-refractivity contribution >= 4 is 15.9 Å². The fourth-order valence-electron chi connectivity index (χ4n) is 3.87. The topological polar surface area (TPSA) is 88.2 Å². The standard InChI is InChI=1S/C21H33N3O5S/c1-21(2,3)22-30(26,27)19-14-16(7-8-18(19)28-4)20(25)24-11-9-23(10-12-24)15-17-6-5-13-29-17/h7-8,14,17,22H,5-6,9-13,15H2,1-4H3. The summed E-state index contributed by atoms with van der Waals surface area (Å²) in [5.41, 5.74) is -0.305. The molecule has 9 heteroatoms. The van der Waals surface area contributed by atoms with Crippen LogP contribution in [0.25, 0.3) is 0 Å². The van der Waals surface area contributed by atoms with Crippen LogP contribution in [0.1, 0.15) is 44.0 Å². The minimum absolute atomic E-state index is 0.0252. The summed E-state index contributed by atoms with van der Waals surface area (Å²) in [6.07, 6.45) is 2.53. The smallest absolute Gasteiger partial charge is 0.253 e. The first kappa shape index (κ1) is 23.0. The number of benzene rings is 1. The van der Waals surface area contributed by atoms with Gasteiger partial charge in [0.2, 0.25) is 10.0 Å². The number of nitrogens with one attached hydrogen (secondary N) is 1. The Morgan fingerprint density at radius 2 is 1.93 bits per heavy atom. The van der Waals surface area contributed by atoms with Crippen LogP contribution in [0, 0.1) is 0 Å². The minimum atomic E-state index is -3.84. The van der Waals surface area contributed by atoms with E-state index in [-0.39, 0.29) is 16.6 Å². The SMILES string of the molecule is COc1ccc(C(=O)N2CCN(CC3CCCO3)CC2)cc1S(=O)(=O)NC(C)(C)C. The van der Waals surface area contributed by atoms with Crippen molar-refractivity contribution in [3.8, 4) is 5.75 Å². The fraction of sp³-hybridized carbons (Fsp3) is 0.667. The van der Waals surface area contributed by atoms with Crippen LogP contribution in [0.3, 0.4) is 0 Å². The van der Waals surface area contributed by atoms with E-state index in [9.17, 15) is 13.2 Å². The van der Waals surface area contributed by atoms with Gasteiger partial charge in [-0.1, -0.05) is 0 Å². The molecule has 2 aliphatic heterocycles. The fourth-order valence-corrected chi connectivity index (χ4v) is 5.48. The third kappa shape index (κ3) is 5.72. The van der Waals surface area contributed by atoms with Crippen LogP contribution in [0.15, 0.2) is 23.1 Å². The van der Waals surface area contributed by atoms with Gasteiger partial charge in [-0.2, -0.15) is 0 Å². The van der Waals surface area contributed by atoms with Gasteiger partial charge in [0.05, 0.1) is 13.2 Å². The number of carbonyl (C=O) groups is 1. The molecule has 0 aromatic heterocycles. The van der Waals surface area contributed by atoms with Crippen molar-refractivity contribution in [2.45, 2.75) is 50.2 Å². The highest BCUT2D eigenvalue weighted by Crippen LogP contribution is 2.27. The van der Waals surface area contributed by atoms with Gasteiger partial charge in [0.25, 0.3) is 5.91 Å². The second-order valence-electron chi connectivity index (χ2n) is 8.95. The molecule has 0 aliphatic carbocycles. The molecule has 1 unspecified atom stereocenters. The maximum absolute atomic E-state index is 13.0. The van der Waals surface area contributed by atoms with E-state index in [4.69, 9.17) is 9.47 Å². The highest BCUT2D eigenvalue weighted by atomic mass is 32.2. The molecule has 0 spiro atoms. The molecule has 0 saturated carbocycles. The highest BCUT2D eigenvalue weighted by molar-refractivity contribution is 7.89. The van der Waals surface area contributed by atoms with Crippen molar-refractivity contribution in [3.05, 3.63) is 23.8 Å². The number of rotatable bonds is 6. The normalized spacial score (nSPS) is 21.1. The molecule has 0 radical (unpaired) electrons. The van der Waals surface area contributed by atoms with Crippen LogP contribution in [-0.4, -0.2) is 82.2 Å². The highest BCUT2D eigenvalue weighted by Gasteiger charge is 2.29. The van der Waals surface area contributed by atoms with Gasteiger partial charge in [0, 0.05) is 50.4 Å². The number of ether oxygens (including phenoxy) is 2. The molecule has 30 heavy (non-hydrogen) atoms. The maximum atomic E-state index is 13.0. The van der Waals surface area contributed by atoms with Crippen LogP contribution < -0.4 is 9.46 Å². The van der Waals surface area contributed by atoms with Crippen LogP contribution in [0.2, 0.25) is 0 Å². The van der Waals surface area contributed by atoms with Crippen molar-refractivity contribution in [2.75, 3.05) is 46.4 Å². The van der Waals surface area contributed by atoms with E-state index >= 15 is 0 Å². The van der Waals surface area contributed by atoms with Crippen molar-refractivity contribution in [2.24, 2.45) is 0 Å². The average Bonchev–Trinajstić information content (AvgIpc) is 3.19. The van der Waals surface area contributed by atoms with Crippen LogP contribution >= 0.6 is 0 Å². The van der Waals surface area contributed by atoms with Crippen LogP contribution in [-0.2, 0) is 14.8 Å². The van der Waals surface area contributed by atoms with Gasteiger partial charge in [-0.25, -0.2) is 13.1 Å². The minimum Gasteiger partial charge on any atom is -0.495 e.